The Hall–Kier alpha value is -4.28. The number of unbranched alkanes of at least 4 members (excludes halogenated alkanes) is 3. The second-order valence-electron chi connectivity index (χ2n) is 10.0. The third-order valence-electron chi connectivity index (χ3n) is 7.04. The Balaban J connectivity index is 1.32. The van der Waals surface area contributed by atoms with E-state index in [-0.39, 0.29) is 5.56 Å². The van der Waals surface area contributed by atoms with Crippen molar-refractivity contribution in [1.82, 2.24) is 24.4 Å². The van der Waals surface area contributed by atoms with Gasteiger partial charge in [-0.15, -0.1) is 5.10 Å². The smallest absolute Gasteiger partial charge is 0.291 e. The molecule has 10 heteroatoms. The zero-order valence-electron chi connectivity index (χ0n) is 23.9. The molecule has 0 aliphatic heterocycles. The fourth-order valence-electron chi connectivity index (χ4n) is 4.76. The Morgan fingerprint density at radius 1 is 0.953 bits per heavy atom. The first-order chi connectivity index (χ1) is 21.0. The maximum atomic E-state index is 13.5. The van der Waals surface area contributed by atoms with E-state index in [0.29, 0.717) is 21.9 Å². The highest BCUT2D eigenvalue weighted by Gasteiger charge is 2.16. The number of methoxy groups -OCH3 is 1. The third-order valence-corrected chi connectivity index (χ3v) is 8.61. The number of hydrogen-bond acceptors (Lipinski definition) is 7. The summed E-state index contributed by atoms with van der Waals surface area (Å²) < 4.78 is 15.8. The number of para-hydroxylation sites is 1. The van der Waals surface area contributed by atoms with Crippen LogP contribution in [0.2, 0.25) is 0 Å². The number of halogens is 1. The van der Waals surface area contributed by atoms with Crippen LogP contribution in [0.25, 0.3) is 39.4 Å². The summed E-state index contributed by atoms with van der Waals surface area (Å²) in [5.41, 5.74) is 3.94. The van der Waals surface area contributed by atoms with Gasteiger partial charge in [-0.05, 0) is 83.0 Å². The highest BCUT2D eigenvalue weighted by molar-refractivity contribution is 9.10. The van der Waals surface area contributed by atoms with Crippen LogP contribution in [0.15, 0.2) is 88.3 Å². The van der Waals surface area contributed by atoms with Crippen molar-refractivity contribution in [3.63, 3.8) is 0 Å². The summed E-state index contributed by atoms with van der Waals surface area (Å²) in [7, 11) is 1.63. The summed E-state index contributed by atoms with van der Waals surface area (Å²) in [6.45, 7) is 2.90. The molecule has 6 rings (SSSR count). The van der Waals surface area contributed by atoms with Gasteiger partial charge in [0.15, 0.2) is 5.82 Å². The lowest BCUT2D eigenvalue weighted by Crippen LogP contribution is -2.23. The van der Waals surface area contributed by atoms with Crippen LogP contribution in [0.4, 0.5) is 0 Å². The average Bonchev–Trinajstić information content (AvgIpc) is 3.73. The number of rotatable bonds is 11. The lowest BCUT2D eigenvalue weighted by molar-refractivity contribution is 0.305. The molecule has 8 nitrogen and oxygen atoms in total. The zero-order chi connectivity index (χ0) is 29.8. The van der Waals surface area contributed by atoms with Crippen molar-refractivity contribution in [3.05, 3.63) is 104 Å². The van der Waals surface area contributed by atoms with Crippen LogP contribution < -0.4 is 19.6 Å². The Bertz CT molecular complexity index is 1970. The van der Waals surface area contributed by atoms with Gasteiger partial charge in [0.1, 0.15) is 17.2 Å². The first-order valence-electron chi connectivity index (χ1n) is 14.2. The molecule has 0 fully saturated rings. The van der Waals surface area contributed by atoms with Crippen molar-refractivity contribution >= 4 is 38.3 Å². The first-order valence-corrected chi connectivity index (χ1v) is 15.8. The number of nitrogens with zero attached hydrogens (tertiary/aromatic N) is 5. The molecule has 0 N–H and O–H groups in total. The van der Waals surface area contributed by atoms with E-state index in [1.54, 1.807) is 7.11 Å². The standard InChI is InChI=1S/C33H30BrN5O3S/c1-3-4-5-9-18-42-26-15-12-22(13-16-26)31-35-33-39(37-31)32(40)29(43-33)20-24-21-38(25-10-7-6-8-11-25)36-30(24)23-14-17-28(41-2)27(34)19-23/h6-8,10-17,19-21H,3-5,9,18H2,1-2H3. The zero-order valence-corrected chi connectivity index (χ0v) is 26.3. The number of thiazole rings is 1. The Labute approximate surface area is 261 Å². The van der Waals surface area contributed by atoms with Crippen LogP contribution in [0, 0.1) is 0 Å². The van der Waals surface area contributed by atoms with Crippen molar-refractivity contribution in [2.45, 2.75) is 32.6 Å². The van der Waals surface area contributed by atoms with Crippen LogP contribution in [0.5, 0.6) is 11.5 Å². The van der Waals surface area contributed by atoms with Crippen LogP contribution in [0.1, 0.15) is 38.2 Å². The summed E-state index contributed by atoms with van der Waals surface area (Å²) in [6.07, 6.45) is 8.44. The van der Waals surface area contributed by atoms with Gasteiger partial charge in [-0.25, -0.2) is 4.68 Å². The molecular weight excluding hydrogens is 626 g/mol. The van der Waals surface area contributed by atoms with E-state index in [1.165, 1.54) is 35.1 Å². The summed E-state index contributed by atoms with van der Waals surface area (Å²) in [4.78, 5) is 18.7. The normalized spacial score (nSPS) is 11.8. The molecule has 6 aromatic rings. The molecule has 0 aliphatic rings. The second-order valence-corrected chi connectivity index (χ2v) is 11.9. The van der Waals surface area contributed by atoms with E-state index in [0.717, 1.165) is 50.5 Å². The Kier molecular flexibility index (Phi) is 8.67. The summed E-state index contributed by atoms with van der Waals surface area (Å²) in [6, 6.07) is 23.4. The van der Waals surface area contributed by atoms with Gasteiger partial charge in [0, 0.05) is 22.9 Å². The molecule has 0 spiro atoms. The number of fused-ring (bicyclic) bond motifs is 1. The second kappa shape index (κ2) is 12.9. The largest absolute Gasteiger partial charge is 0.496 e. The van der Waals surface area contributed by atoms with Crippen molar-refractivity contribution < 1.29 is 9.47 Å². The predicted molar refractivity (Wildman–Crippen MR) is 174 cm³/mol. The molecule has 0 saturated heterocycles. The molecule has 3 heterocycles. The quantitative estimate of drug-likeness (QED) is 0.141. The number of ether oxygens (including phenoxy) is 2. The maximum Gasteiger partial charge on any atom is 0.291 e. The molecule has 0 aliphatic carbocycles. The van der Waals surface area contributed by atoms with E-state index in [9.17, 15) is 4.79 Å². The SMILES string of the molecule is CCCCCCOc1ccc(-c2nc3sc(=Cc4cn(-c5ccccc5)nc4-c4ccc(OC)c(Br)c4)c(=O)n3n2)cc1. The van der Waals surface area contributed by atoms with Crippen molar-refractivity contribution in [2.75, 3.05) is 13.7 Å². The molecule has 0 unspecified atom stereocenters. The van der Waals surface area contributed by atoms with Gasteiger partial charge in [0.05, 0.1) is 28.4 Å². The molecule has 0 bridgehead atoms. The van der Waals surface area contributed by atoms with Gasteiger partial charge in [0.2, 0.25) is 4.96 Å². The Morgan fingerprint density at radius 3 is 2.47 bits per heavy atom. The van der Waals surface area contributed by atoms with E-state index in [2.05, 4.69) is 32.9 Å². The minimum atomic E-state index is -0.222. The van der Waals surface area contributed by atoms with Gasteiger partial charge in [-0.2, -0.15) is 14.6 Å². The van der Waals surface area contributed by atoms with Crippen LogP contribution >= 0.6 is 27.3 Å². The highest BCUT2D eigenvalue weighted by Crippen LogP contribution is 2.32. The lowest BCUT2D eigenvalue weighted by Gasteiger charge is -2.06. The molecule has 0 saturated carbocycles. The van der Waals surface area contributed by atoms with E-state index >= 15 is 0 Å². The fourth-order valence-corrected chi connectivity index (χ4v) is 6.20. The predicted octanol–water partition coefficient (Wildman–Crippen LogP) is 6.95. The van der Waals surface area contributed by atoms with Gasteiger partial charge >= 0.3 is 0 Å². The van der Waals surface area contributed by atoms with E-state index in [1.807, 2.05) is 89.8 Å². The molecule has 0 amide bonds. The van der Waals surface area contributed by atoms with Gasteiger partial charge in [-0.1, -0.05) is 55.7 Å². The Morgan fingerprint density at radius 2 is 1.74 bits per heavy atom. The monoisotopic (exact) mass is 655 g/mol. The third kappa shape index (κ3) is 6.25. The van der Waals surface area contributed by atoms with Gasteiger partial charge in [0.25, 0.3) is 5.56 Å². The lowest BCUT2D eigenvalue weighted by atomic mass is 10.1. The molecule has 218 valence electrons. The van der Waals surface area contributed by atoms with Crippen LogP contribution in [-0.2, 0) is 0 Å². The van der Waals surface area contributed by atoms with Gasteiger partial charge < -0.3 is 9.47 Å². The van der Waals surface area contributed by atoms with E-state index < -0.39 is 0 Å². The summed E-state index contributed by atoms with van der Waals surface area (Å²) >= 11 is 4.89. The molecular formula is C33H30BrN5O3S. The maximum absolute atomic E-state index is 13.5. The van der Waals surface area contributed by atoms with Gasteiger partial charge in [-0.3, -0.25) is 4.79 Å². The minimum Gasteiger partial charge on any atom is -0.496 e. The summed E-state index contributed by atoms with van der Waals surface area (Å²) in [5, 5.41) is 9.42. The van der Waals surface area contributed by atoms with Crippen molar-refractivity contribution in [3.8, 4) is 39.8 Å². The number of hydrogen-bond donors (Lipinski definition) is 0. The van der Waals surface area contributed by atoms with Crippen LogP contribution in [0.3, 0.4) is 0 Å². The fraction of sp³-hybridized carbons (Fsp3) is 0.212. The molecule has 0 radical (unpaired) electrons. The van der Waals surface area contributed by atoms with Crippen LogP contribution in [-0.4, -0.2) is 38.1 Å². The topological polar surface area (TPSA) is 83.5 Å². The molecule has 3 aromatic heterocycles. The molecule has 43 heavy (non-hydrogen) atoms. The minimum absolute atomic E-state index is 0.222. The van der Waals surface area contributed by atoms with Crippen molar-refractivity contribution in [1.29, 1.82) is 0 Å². The van der Waals surface area contributed by atoms with Crippen molar-refractivity contribution in [2.24, 2.45) is 0 Å². The molecule has 3 aromatic carbocycles. The molecule has 0 atom stereocenters. The number of aromatic nitrogens is 5. The first kappa shape index (κ1) is 28.8. The highest BCUT2D eigenvalue weighted by atomic mass is 79.9. The number of benzene rings is 3. The average molecular weight is 657 g/mol. The summed E-state index contributed by atoms with van der Waals surface area (Å²) in [5.74, 6) is 2.05. The van der Waals surface area contributed by atoms with E-state index in [4.69, 9.17) is 14.6 Å².